The molecular formula is C32H40N2O7. The van der Waals surface area contributed by atoms with Crippen LogP contribution in [0.1, 0.15) is 60.3 Å². The molecule has 9 heteroatoms. The Balaban J connectivity index is 1.57. The van der Waals surface area contributed by atoms with Crippen LogP contribution in [-0.2, 0) is 22.7 Å². The van der Waals surface area contributed by atoms with E-state index in [0.29, 0.717) is 40.5 Å². The van der Waals surface area contributed by atoms with E-state index < -0.39 is 30.1 Å². The second-order valence-electron chi connectivity index (χ2n) is 11.4. The maximum atomic E-state index is 13.9. The van der Waals surface area contributed by atoms with Crippen molar-refractivity contribution in [2.75, 3.05) is 20.3 Å². The number of fused-ring (bicyclic) bond motifs is 3. The van der Waals surface area contributed by atoms with Gasteiger partial charge in [0.2, 0.25) is 11.8 Å². The molecule has 5 rings (SSSR count). The largest absolute Gasteiger partial charge is 0.493 e. The van der Waals surface area contributed by atoms with Crippen LogP contribution in [-0.4, -0.2) is 70.5 Å². The Morgan fingerprint density at radius 3 is 2.49 bits per heavy atom. The van der Waals surface area contributed by atoms with Gasteiger partial charge in [0.15, 0.2) is 11.5 Å². The second-order valence-corrected chi connectivity index (χ2v) is 11.4. The Kier molecular flexibility index (Phi) is 8.97. The summed E-state index contributed by atoms with van der Waals surface area (Å²) in [5.74, 6) is -0.0185. The van der Waals surface area contributed by atoms with Gasteiger partial charge in [0.1, 0.15) is 12.2 Å². The average Bonchev–Trinajstić information content (AvgIpc) is 3.64. The Hall–Kier alpha value is -3.40. The van der Waals surface area contributed by atoms with E-state index in [2.05, 4.69) is 5.32 Å². The Morgan fingerprint density at radius 1 is 1.10 bits per heavy atom. The minimum absolute atomic E-state index is 0.0577. The Morgan fingerprint density at radius 2 is 1.83 bits per heavy atom. The maximum Gasteiger partial charge on any atom is 0.247 e. The monoisotopic (exact) mass is 564 g/mol. The van der Waals surface area contributed by atoms with Gasteiger partial charge in [-0.05, 0) is 55.0 Å². The number of carbonyl (C=O) groups excluding carboxylic acids is 2. The van der Waals surface area contributed by atoms with Crippen molar-refractivity contribution in [2.45, 2.75) is 76.3 Å². The number of hydrogen-bond acceptors (Lipinski definition) is 7. The number of rotatable bonds is 10. The van der Waals surface area contributed by atoms with E-state index in [1.54, 1.807) is 23.1 Å². The molecule has 220 valence electrons. The zero-order valence-electron chi connectivity index (χ0n) is 23.7. The molecule has 2 aliphatic carbocycles. The number of nitrogens with zero attached hydrogens (tertiary/aromatic N) is 1. The quantitative estimate of drug-likeness (QED) is 0.349. The van der Waals surface area contributed by atoms with E-state index in [0.717, 1.165) is 36.8 Å². The van der Waals surface area contributed by atoms with Crippen LogP contribution < -0.4 is 14.8 Å². The molecule has 2 aromatic carbocycles. The van der Waals surface area contributed by atoms with Crippen LogP contribution in [0, 0.1) is 12.8 Å². The predicted octanol–water partition coefficient (Wildman–Crippen LogP) is 2.73. The highest BCUT2D eigenvalue weighted by Crippen LogP contribution is 2.51. The zero-order valence-corrected chi connectivity index (χ0v) is 23.7. The van der Waals surface area contributed by atoms with Gasteiger partial charge in [-0.1, -0.05) is 42.7 Å². The number of aliphatic hydroxyl groups excluding tert-OH is 3. The summed E-state index contributed by atoms with van der Waals surface area (Å²) in [4.78, 5) is 29.1. The smallest absolute Gasteiger partial charge is 0.247 e. The molecule has 2 amide bonds. The minimum Gasteiger partial charge on any atom is -0.493 e. The van der Waals surface area contributed by atoms with Crippen molar-refractivity contribution in [1.29, 1.82) is 0 Å². The van der Waals surface area contributed by atoms with E-state index in [-0.39, 0.29) is 32.2 Å². The maximum absolute atomic E-state index is 13.9. The molecule has 41 heavy (non-hydrogen) atoms. The molecule has 4 N–H and O–H groups in total. The third kappa shape index (κ3) is 5.98. The van der Waals surface area contributed by atoms with E-state index in [9.17, 15) is 24.9 Å². The molecule has 4 unspecified atom stereocenters. The fourth-order valence-corrected chi connectivity index (χ4v) is 6.45. The van der Waals surface area contributed by atoms with Gasteiger partial charge in [-0.2, -0.15) is 0 Å². The number of methoxy groups -OCH3 is 1. The van der Waals surface area contributed by atoms with Crippen molar-refractivity contribution < 1.29 is 34.4 Å². The molecule has 3 aliphatic rings. The van der Waals surface area contributed by atoms with Crippen molar-refractivity contribution in [3.8, 4) is 11.5 Å². The van der Waals surface area contributed by atoms with Gasteiger partial charge < -0.3 is 35.0 Å². The Labute approximate surface area is 240 Å². The summed E-state index contributed by atoms with van der Waals surface area (Å²) in [6, 6.07) is 10.6. The van der Waals surface area contributed by atoms with E-state index >= 15 is 0 Å². The number of ether oxygens (including phenoxy) is 2. The molecule has 1 fully saturated rings. The van der Waals surface area contributed by atoms with Gasteiger partial charge in [-0.3, -0.25) is 9.59 Å². The van der Waals surface area contributed by atoms with Crippen LogP contribution in [0.25, 0.3) is 0 Å². The zero-order chi connectivity index (χ0) is 29.1. The summed E-state index contributed by atoms with van der Waals surface area (Å²) in [6.07, 6.45) is 4.33. The van der Waals surface area contributed by atoms with Gasteiger partial charge in [0.05, 0.1) is 32.3 Å². The fraction of sp³-hybridized carbons (Fsp3) is 0.500. The molecule has 0 spiro atoms. The van der Waals surface area contributed by atoms with Crippen LogP contribution in [0.15, 0.2) is 48.0 Å². The molecular weight excluding hydrogens is 524 g/mol. The van der Waals surface area contributed by atoms with Gasteiger partial charge >= 0.3 is 0 Å². The van der Waals surface area contributed by atoms with Gasteiger partial charge in [-0.15, -0.1) is 0 Å². The van der Waals surface area contributed by atoms with Gasteiger partial charge in [0.25, 0.3) is 0 Å². The number of amides is 2. The number of carbonyl (C=O) groups is 2. The average molecular weight is 565 g/mol. The summed E-state index contributed by atoms with van der Waals surface area (Å²) in [5.41, 5.74) is 3.59. The first-order valence-electron chi connectivity index (χ1n) is 14.5. The van der Waals surface area contributed by atoms with Crippen molar-refractivity contribution in [2.24, 2.45) is 5.92 Å². The lowest BCUT2D eigenvalue weighted by atomic mass is 9.77. The lowest BCUT2D eigenvalue weighted by Gasteiger charge is -2.41. The van der Waals surface area contributed by atoms with Crippen LogP contribution in [0.2, 0.25) is 0 Å². The lowest BCUT2D eigenvalue weighted by molar-refractivity contribution is -0.139. The number of aryl methyl sites for hydroxylation is 1. The van der Waals surface area contributed by atoms with E-state index in [1.807, 2.05) is 31.2 Å². The molecule has 0 aromatic heterocycles. The highest BCUT2D eigenvalue weighted by molar-refractivity contribution is 5.96. The summed E-state index contributed by atoms with van der Waals surface area (Å²) in [6.45, 7) is 1.87. The summed E-state index contributed by atoms with van der Waals surface area (Å²) >= 11 is 0. The van der Waals surface area contributed by atoms with Crippen LogP contribution in [0.4, 0.5) is 0 Å². The number of aliphatic hydroxyl groups is 3. The SMILES string of the molecule is COc1cc(CO)cc2c1OC1C2C(C(=O)NCCO)=CC(N(Cc2ccc(C)cc2)C(=O)CC2CCCC2)C1O. The molecule has 0 radical (unpaired) electrons. The van der Waals surface area contributed by atoms with Crippen molar-refractivity contribution in [3.63, 3.8) is 0 Å². The molecule has 2 aromatic rings. The van der Waals surface area contributed by atoms with Gasteiger partial charge in [0, 0.05) is 30.6 Å². The summed E-state index contributed by atoms with van der Waals surface area (Å²) < 4.78 is 11.9. The predicted molar refractivity (Wildman–Crippen MR) is 152 cm³/mol. The number of benzene rings is 2. The number of hydrogen-bond donors (Lipinski definition) is 4. The molecule has 4 atom stereocenters. The third-order valence-corrected chi connectivity index (χ3v) is 8.59. The fourth-order valence-electron chi connectivity index (χ4n) is 6.45. The van der Waals surface area contributed by atoms with Crippen LogP contribution in [0.3, 0.4) is 0 Å². The van der Waals surface area contributed by atoms with E-state index in [1.165, 1.54) is 7.11 Å². The first-order valence-corrected chi connectivity index (χ1v) is 14.5. The molecule has 1 heterocycles. The highest BCUT2D eigenvalue weighted by Gasteiger charge is 2.51. The first kappa shape index (κ1) is 29.1. The van der Waals surface area contributed by atoms with Crippen LogP contribution >= 0.6 is 0 Å². The topological polar surface area (TPSA) is 129 Å². The highest BCUT2D eigenvalue weighted by atomic mass is 16.5. The standard InChI is InChI=1S/C32H40N2O7/c1-19-7-9-21(10-8-19)17-34(27(37)15-20-5-3-4-6-20)25-16-24(32(39)33-11-12-35)28-23-13-22(18-36)14-26(40-2)30(23)41-31(28)29(25)38/h7-10,13-14,16,20,25,28-29,31,35-36,38H,3-6,11-12,15,17-18H2,1-2H3,(H,33,39). The summed E-state index contributed by atoms with van der Waals surface area (Å²) in [7, 11) is 1.50. The molecule has 1 aliphatic heterocycles. The molecule has 9 nitrogen and oxygen atoms in total. The molecule has 0 saturated heterocycles. The second kappa shape index (κ2) is 12.6. The summed E-state index contributed by atoms with van der Waals surface area (Å²) in [5, 5.41) is 33.8. The van der Waals surface area contributed by atoms with Crippen molar-refractivity contribution >= 4 is 11.8 Å². The molecule has 0 bridgehead atoms. The van der Waals surface area contributed by atoms with Crippen molar-refractivity contribution in [1.82, 2.24) is 10.2 Å². The van der Waals surface area contributed by atoms with Crippen molar-refractivity contribution in [3.05, 3.63) is 70.3 Å². The van der Waals surface area contributed by atoms with Crippen LogP contribution in [0.5, 0.6) is 11.5 Å². The Bertz CT molecular complexity index is 1290. The first-order chi connectivity index (χ1) is 19.8. The number of nitrogens with one attached hydrogen (secondary N) is 1. The van der Waals surface area contributed by atoms with E-state index in [4.69, 9.17) is 9.47 Å². The lowest BCUT2D eigenvalue weighted by Crippen LogP contribution is -2.55. The van der Waals surface area contributed by atoms with Gasteiger partial charge in [-0.25, -0.2) is 0 Å². The third-order valence-electron chi connectivity index (χ3n) is 8.59. The normalized spacial score (nSPS) is 23.3. The minimum atomic E-state index is -1.14. The molecule has 1 saturated carbocycles.